The number of nitro benzene ring substituents is 1. The number of carbonyl (C=O) groups is 2. The Morgan fingerprint density at radius 2 is 1.32 bits per heavy atom. The van der Waals surface area contributed by atoms with E-state index in [0.717, 1.165) is 22.4 Å². The molecule has 2 aliphatic carbocycles. The summed E-state index contributed by atoms with van der Waals surface area (Å²) >= 11 is 0. The number of carbonyl (C=O) groups excluding carboxylic acids is 2. The molecule has 0 fully saturated rings. The van der Waals surface area contributed by atoms with Gasteiger partial charge in [0, 0.05) is 17.7 Å². The molecule has 0 amide bonds. The molecular weight excluding hydrogens is 558 g/mol. The first-order valence-corrected chi connectivity index (χ1v) is 13.9. The van der Waals surface area contributed by atoms with Crippen LogP contribution in [0, 0.1) is 16.0 Å². The molecule has 4 rings (SSSR count). The quantitative estimate of drug-likeness (QED) is 0.171. The fourth-order valence-electron chi connectivity index (χ4n) is 4.73. The van der Waals surface area contributed by atoms with Crippen molar-refractivity contribution in [3.8, 4) is 5.75 Å². The lowest BCUT2D eigenvalue weighted by atomic mass is 9.87. The molecule has 8 nitrogen and oxygen atoms in total. The van der Waals surface area contributed by atoms with Crippen LogP contribution in [0.5, 0.6) is 5.75 Å². The number of nitro groups is 1. The summed E-state index contributed by atoms with van der Waals surface area (Å²) in [5.41, 5.74) is 5.34. The fraction of sp³-hybridized carbons (Fsp3) is 0.167. The van der Waals surface area contributed by atoms with E-state index in [2.05, 4.69) is 13.8 Å². The first-order valence-electron chi connectivity index (χ1n) is 13.9. The van der Waals surface area contributed by atoms with E-state index in [9.17, 15) is 19.7 Å². The second kappa shape index (κ2) is 14.1. The zero-order valence-electron chi connectivity index (χ0n) is 25.2. The molecule has 0 saturated heterocycles. The molecule has 224 valence electrons. The molecule has 0 aromatic heterocycles. The van der Waals surface area contributed by atoms with Crippen molar-refractivity contribution >= 4 is 29.8 Å². The van der Waals surface area contributed by atoms with Crippen LogP contribution in [0.2, 0.25) is 0 Å². The molecule has 0 N–H and O–H groups in total. The summed E-state index contributed by atoms with van der Waals surface area (Å²) in [6.45, 7) is 4.15. The highest BCUT2D eigenvalue weighted by Crippen LogP contribution is 2.39. The van der Waals surface area contributed by atoms with E-state index in [0.29, 0.717) is 22.3 Å². The predicted octanol–water partition coefficient (Wildman–Crippen LogP) is 7.29. The smallest absolute Gasteiger partial charge is 0.339 e. The maximum absolute atomic E-state index is 13.5. The molecule has 0 aliphatic heterocycles. The Bertz CT molecular complexity index is 1710. The number of nitrogens with zero attached hydrogens (tertiary/aromatic N) is 1. The lowest BCUT2D eigenvalue weighted by molar-refractivity contribution is -0.384. The Balaban J connectivity index is 2.01. The number of ether oxygens (including phenoxy) is 3. The van der Waals surface area contributed by atoms with Crippen LogP contribution in [0.3, 0.4) is 0 Å². The van der Waals surface area contributed by atoms with E-state index in [1.807, 2.05) is 66.8 Å². The van der Waals surface area contributed by atoms with Crippen molar-refractivity contribution < 1.29 is 28.7 Å². The average molecular weight is 592 g/mol. The fourth-order valence-corrected chi connectivity index (χ4v) is 4.73. The predicted molar refractivity (Wildman–Crippen MR) is 170 cm³/mol. The van der Waals surface area contributed by atoms with Crippen molar-refractivity contribution in [1.82, 2.24) is 0 Å². The summed E-state index contributed by atoms with van der Waals surface area (Å²) in [4.78, 5) is 37.2. The minimum Gasteiger partial charge on any atom is -0.497 e. The van der Waals surface area contributed by atoms with Crippen LogP contribution in [-0.2, 0) is 19.1 Å². The van der Waals surface area contributed by atoms with Gasteiger partial charge in [-0.1, -0.05) is 74.6 Å². The third-order valence-corrected chi connectivity index (χ3v) is 7.18. The van der Waals surface area contributed by atoms with E-state index in [1.54, 1.807) is 31.4 Å². The number of esters is 2. The average Bonchev–Trinajstić information content (AvgIpc) is 3.32. The molecule has 8 heteroatoms. The van der Waals surface area contributed by atoms with Gasteiger partial charge in [0.05, 0.1) is 37.4 Å². The monoisotopic (exact) mass is 591 g/mol. The van der Waals surface area contributed by atoms with Gasteiger partial charge in [-0.2, -0.15) is 0 Å². The summed E-state index contributed by atoms with van der Waals surface area (Å²) in [7, 11) is 4.14. The van der Waals surface area contributed by atoms with Gasteiger partial charge in [0.25, 0.3) is 5.69 Å². The number of rotatable bonds is 9. The molecule has 0 bridgehead atoms. The van der Waals surface area contributed by atoms with Crippen LogP contribution >= 0.6 is 0 Å². The van der Waals surface area contributed by atoms with Crippen molar-refractivity contribution in [2.75, 3.05) is 21.3 Å². The van der Waals surface area contributed by atoms with Crippen LogP contribution in [-0.4, -0.2) is 38.2 Å². The van der Waals surface area contributed by atoms with Crippen molar-refractivity contribution in [1.29, 1.82) is 0 Å². The molecule has 2 aromatic carbocycles. The van der Waals surface area contributed by atoms with Crippen LogP contribution < -0.4 is 4.74 Å². The van der Waals surface area contributed by atoms with Gasteiger partial charge in [0.2, 0.25) is 0 Å². The van der Waals surface area contributed by atoms with Crippen LogP contribution in [0.25, 0.3) is 12.2 Å². The van der Waals surface area contributed by atoms with Crippen molar-refractivity contribution in [2.45, 2.75) is 13.8 Å². The largest absolute Gasteiger partial charge is 0.497 e. The zero-order chi connectivity index (χ0) is 31.8. The Kier molecular flexibility index (Phi) is 10.1. The summed E-state index contributed by atoms with van der Waals surface area (Å²) in [5, 5.41) is 11.1. The topological polar surface area (TPSA) is 105 Å². The first-order chi connectivity index (χ1) is 21.2. The van der Waals surface area contributed by atoms with E-state index < -0.39 is 16.9 Å². The lowest BCUT2D eigenvalue weighted by Gasteiger charge is -2.17. The number of methoxy groups -OCH3 is 3. The van der Waals surface area contributed by atoms with Crippen molar-refractivity contribution in [2.24, 2.45) is 5.92 Å². The Hall–Kier alpha value is -5.50. The van der Waals surface area contributed by atoms with Crippen molar-refractivity contribution in [3.63, 3.8) is 0 Å². The van der Waals surface area contributed by atoms with Crippen molar-refractivity contribution in [3.05, 3.63) is 151 Å². The van der Waals surface area contributed by atoms with E-state index in [1.165, 1.54) is 26.4 Å². The van der Waals surface area contributed by atoms with Crippen LogP contribution in [0.4, 0.5) is 5.69 Å². The SMILES string of the molecule is COC(=O)C1=C(C(=O)OC)C2=C(/C=C/c3ccc(OC)cc3)C=CC(C(C)C)=CC2=C(/C=C/c2ccc([N+](=O)[O-])cc2)C=C1. The number of benzene rings is 2. The Labute approximate surface area is 256 Å². The molecular formula is C36H33NO7. The van der Waals surface area contributed by atoms with Gasteiger partial charge in [-0.05, 0) is 69.7 Å². The number of hydrogen-bond donors (Lipinski definition) is 0. The lowest BCUT2D eigenvalue weighted by Crippen LogP contribution is -2.16. The van der Waals surface area contributed by atoms with E-state index >= 15 is 0 Å². The second-order valence-electron chi connectivity index (χ2n) is 10.2. The third-order valence-electron chi connectivity index (χ3n) is 7.18. The highest BCUT2D eigenvalue weighted by atomic mass is 16.6. The minimum absolute atomic E-state index is 0.00830. The molecule has 2 aliphatic rings. The van der Waals surface area contributed by atoms with E-state index in [4.69, 9.17) is 14.2 Å². The minimum atomic E-state index is -0.687. The summed E-state index contributed by atoms with van der Waals surface area (Å²) in [6, 6.07) is 13.7. The maximum atomic E-state index is 13.5. The molecule has 0 unspecified atom stereocenters. The first kappa shape index (κ1) is 31.4. The Morgan fingerprint density at radius 1 is 0.750 bits per heavy atom. The second-order valence-corrected chi connectivity index (χ2v) is 10.2. The summed E-state index contributed by atoms with van der Waals surface area (Å²) in [6.07, 6.45) is 16.7. The molecule has 2 aromatic rings. The van der Waals surface area contributed by atoms with Crippen LogP contribution in [0.15, 0.2) is 130 Å². The van der Waals surface area contributed by atoms with Gasteiger partial charge in [-0.3, -0.25) is 10.1 Å². The molecule has 0 atom stereocenters. The molecule has 0 heterocycles. The molecule has 0 radical (unpaired) electrons. The highest BCUT2D eigenvalue weighted by molar-refractivity contribution is 6.07. The van der Waals surface area contributed by atoms with Gasteiger partial charge in [0.1, 0.15) is 5.75 Å². The van der Waals surface area contributed by atoms with Crippen LogP contribution in [0.1, 0.15) is 25.0 Å². The normalized spacial score (nSPS) is 15.0. The molecule has 0 spiro atoms. The van der Waals surface area contributed by atoms with Gasteiger partial charge in [-0.15, -0.1) is 0 Å². The van der Waals surface area contributed by atoms with Gasteiger partial charge in [0.15, 0.2) is 0 Å². The number of allylic oxidation sites excluding steroid dienone is 10. The number of fused-ring (bicyclic) bond motifs is 1. The van der Waals surface area contributed by atoms with Gasteiger partial charge < -0.3 is 14.2 Å². The number of hydrogen-bond acceptors (Lipinski definition) is 7. The van der Waals surface area contributed by atoms with Gasteiger partial charge >= 0.3 is 11.9 Å². The Morgan fingerprint density at radius 3 is 1.86 bits per heavy atom. The highest BCUT2D eigenvalue weighted by Gasteiger charge is 2.31. The number of non-ortho nitro benzene ring substituents is 1. The zero-order valence-corrected chi connectivity index (χ0v) is 25.2. The maximum Gasteiger partial charge on any atom is 0.339 e. The summed E-state index contributed by atoms with van der Waals surface area (Å²) in [5.74, 6) is -0.502. The van der Waals surface area contributed by atoms with E-state index in [-0.39, 0.29) is 22.8 Å². The molecule has 0 saturated carbocycles. The summed E-state index contributed by atoms with van der Waals surface area (Å²) < 4.78 is 15.6. The standard InChI is InChI=1S/C36H33NO7/c1-23(2)28-15-14-27(13-7-25-10-19-30(42-3)20-11-25)33-32(22-28)26(12-6-24-8-17-29(18-9-24)37(40)41)16-21-31(35(38)43-4)34(33)36(39)44-5/h6-23H,1-5H3/b12-6+,13-7+. The third kappa shape index (κ3) is 7.10. The van der Waals surface area contributed by atoms with Gasteiger partial charge in [-0.25, -0.2) is 9.59 Å². The molecule has 44 heavy (non-hydrogen) atoms.